The van der Waals surface area contributed by atoms with Crippen molar-refractivity contribution in [2.24, 2.45) is 5.41 Å². The van der Waals surface area contributed by atoms with Crippen LogP contribution in [0.1, 0.15) is 37.7 Å². The van der Waals surface area contributed by atoms with Crippen LogP contribution in [0.3, 0.4) is 0 Å². The van der Waals surface area contributed by atoms with Gasteiger partial charge >= 0.3 is 6.18 Å². The Bertz CT molecular complexity index is 1310. The Morgan fingerprint density at radius 2 is 1.87 bits per heavy atom. The van der Waals surface area contributed by atoms with Gasteiger partial charge in [-0.05, 0) is 49.4 Å². The molecule has 1 atom stereocenters. The van der Waals surface area contributed by atoms with Crippen molar-refractivity contribution >= 4 is 28.8 Å². The minimum Gasteiger partial charge on any atom is -0.461 e. The number of ether oxygens (including phenoxy) is 2. The number of nitrogens with zero attached hydrogens (tertiary/aromatic N) is 1. The van der Waals surface area contributed by atoms with Gasteiger partial charge in [0.2, 0.25) is 6.86 Å². The summed E-state index contributed by atoms with van der Waals surface area (Å²) in [5, 5.41) is 9.91. The van der Waals surface area contributed by atoms with Gasteiger partial charge in [0.05, 0.1) is 31.5 Å². The van der Waals surface area contributed by atoms with Gasteiger partial charge in [-0.1, -0.05) is 37.2 Å². The Morgan fingerprint density at radius 3 is 2.44 bits per heavy atom. The molecule has 3 heterocycles. The third-order valence-corrected chi connectivity index (χ3v) is 9.13. The lowest BCUT2D eigenvalue weighted by atomic mass is 9.80. The van der Waals surface area contributed by atoms with Crippen LogP contribution in [-0.2, 0) is 11.2 Å². The molecule has 1 spiro atoms. The van der Waals surface area contributed by atoms with Gasteiger partial charge in [-0.15, -0.1) is 24.6 Å². The molecule has 244 valence electrons. The number of anilines is 3. The lowest BCUT2D eigenvalue weighted by Gasteiger charge is -2.48. The Morgan fingerprint density at radius 1 is 1.11 bits per heavy atom. The van der Waals surface area contributed by atoms with Gasteiger partial charge in [0, 0.05) is 52.8 Å². The smallest absolute Gasteiger partial charge is 0.405 e. The van der Waals surface area contributed by atoms with Crippen molar-refractivity contribution in [1.29, 1.82) is 0 Å². The first-order valence-corrected chi connectivity index (χ1v) is 16.4. The summed E-state index contributed by atoms with van der Waals surface area (Å²) < 4.78 is 63.3. The molecule has 3 N–H and O–H groups in total. The number of thioether (sulfide) groups is 1. The zero-order valence-corrected chi connectivity index (χ0v) is 26.5. The number of rotatable bonds is 8. The van der Waals surface area contributed by atoms with Gasteiger partial charge in [0.1, 0.15) is 12.3 Å². The number of benzene rings is 2. The summed E-state index contributed by atoms with van der Waals surface area (Å²) in [6.07, 6.45) is 11.7. The molecule has 1 saturated carbocycles. The fourth-order valence-electron chi connectivity index (χ4n) is 5.98. The molecule has 3 fully saturated rings. The lowest BCUT2D eigenvalue weighted by molar-refractivity contribution is -0.139. The quantitative estimate of drug-likeness (QED) is 0.167. The van der Waals surface area contributed by atoms with Crippen molar-refractivity contribution in [3.8, 4) is 30.4 Å². The highest BCUT2D eigenvalue weighted by Gasteiger charge is 2.43. The van der Waals surface area contributed by atoms with Gasteiger partial charge in [-0.25, -0.2) is 4.39 Å². The molecular weight excluding hydrogens is 604 g/mol. The van der Waals surface area contributed by atoms with Crippen LogP contribution in [0, 0.1) is 30.1 Å². The minimum atomic E-state index is -4.34. The second-order valence-corrected chi connectivity index (χ2v) is 12.5. The molecule has 6 rings (SSSR count). The second-order valence-electron chi connectivity index (χ2n) is 11.6. The van der Waals surface area contributed by atoms with Gasteiger partial charge < -0.3 is 30.3 Å². The van der Waals surface area contributed by atoms with Crippen molar-refractivity contribution in [3.63, 3.8) is 0 Å². The van der Waals surface area contributed by atoms with Crippen molar-refractivity contribution in [1.82, 2.24) is 5.32 Å². The van der Waals surface area contributed by atoms with Crippen LogP contribution in [0.5, 0.6) is 5.75 Å². The second kappa shape index (κ2) is 16.4. The molecule has 2 aromatic carbocycles. The summed E-state index contributed by atoms with van der Waals surface area (Å²) >= 11 is 1.51. The lowest BCUT2D eigenvalue weighted by Crippen LogP contribution is -2.64. The number of hydrogen-bond donors (Lipinski definition) is 3. The van der Waals surface area contributed by atoms with Gasteiger partial charge in [-0.2, -0.15) is 13.2 Å². The Labute approximate surface area is 268 Å². The highest BCUT2D eigenvalue weighted by molar-refractivity contribution is 7.98. The van der Waals surface area contributed by atoms with E-state index in [-0.39, 0.29) is 6.54 Å². The van der Waals surface area contributed by atoms with Crippen molar-refractivity contribution < 1.29 is 27.0 Å². The zero-order chi connectivity index (χ0) is 32.3. The maximum absolute atomic E-state index is 13.5. The van der Waals surface area contributed by atoms with E-state index in [4.69, 9.17) is 9.47 Å². The standard InChI is InChI=1S/C27H31F4N3OS.C5H9NO.C2H2/c1-36-21-12-13-24(26(16-21)35-18-28)32-14-6-9-20-15-22-23(33-19-7-3-2-4-8-19)10-5-11-25(22)34(20)17-27(29,30)31;1-5(2-6-1)3-7-4-5;1-2/h5,10-13,16,19-20,32-33H,2-4,7-8,14-15,17-18H2,1H3;6H,1-4H2;1-2H. The molecule has 11 heteroatoms. The summed E-state index contributed by atoms with van der Waals surface area (Å²) in [5.74, 6) is 6.39. The fraction of sp³-hybridized carbons (Fsp3) is 0.529. The number of halogens is 4. The third-order valence-electron chi connectivity index (χ3n) is 8.40. The SMILES string of the molecule is C#C.C1NCC12COC2.CSc1ccc(NCC#CC2Cc3c(NC4CCCCC4)cccc3N2CC(F)(F)F)c(OCF)c1. The van der Waals surface area contributed by atoms with E-state index < -0.39 is 25.6 Å². The maximum Gasteiger partial charge on any atom is 0.405 e. The fourth-order valence-corrected chi connectivity index (χ4v) is 6.41. The van der Waals surface area contributed by atoms with Crippen molar-refractivity contribution in [2.75, 3.05) is 68.0 Å². The monoisotopic (exact) mass is 646 g/mol. The molecule has 4 aliphatic rings. The van der Waals surface area contributed by atoms with E-state index in [1.165, 1.54) is 49.0 Å². The van der Waals surface area contributed by atoms with Crippen molar-refractivity contribution in [2.45, 2.75) is 61.7 Å². The minimum absolute atomic E-state index is 0.196. The third kappa shape index (κ3) is 9.38. The molecule has 3 aliphatic heterocycles. The molecule has 0 aromatic heterocycles. The summed E-state index contributed by atoms with van der Waals surface area (Å²) in [6, 6.07) is 10.7. The van der Waals surface area contributed by atoms with Crippen LogP contribution in [0.4, 0.5) is 34.6 Å². The molecule has 6 nitrogen and oxygen atoms in total. The maximum atomic E-state index is 13.5. The molecule has 0 bridgehead atoms. The topological polar surface area (TPSA) is 57.8 Å². The molecule has 2 aromatic rings. The molecule has 2 saturated heterocycles. The number of hydrogen-bond acceptors (Lipinski definition) is 7. The Kier molecular flexibility index (Phi) is 12.6. The van der Waals surface area contributed by atoms with Crippen molar-refractivity contribution in [3.05, 3.63) is 42.0 Å². The van der Waals surface area contributed by atoms with Gasteiger partial charge in [-0.3, -0.25) is 0 Å². The van der Waals surface area contributed by atoms with Crippen LogP contribution >= 0.6 is 11.8 Å². The summed E-state index contributed by atoms with van der Waals surface area (Å²) in [5.41, 5.74) is 3.59. The predicted octanol–water partition coefficient (Wildman–Crippen LogP) is 6.72. The van der Waals surface area contributed by atoms with E-state index in [0.29, 0.717) is 35.0 Å². The van der Waals surface area contributed by atoms with E-state index in [2.05, 4.69) is 40.6 Å². The van der Waals surface area contributed by atoms with Crippen LogP contribution in [0.25, 0.3) is 0 Å². The molecule has 45 heavy (non-hydrogen) atoms. The first kappa shape index (κ1) is 34.6. The number of nitrogens with one attached hydrogen (secondary N) is 3. The highest BCUT2D eigenvalue weighted by atomic mass is 32.2. The summed E-state index contributed by atoms with van der Waals surface area (Å²) in [4.78, 5) is 2.29. The molecule has 1 unspecified atom stereocenters. The Hall–Kier alpha value is -3.25. The first-order valence-electron chi connectivity index (χ1n) is 15.2. The van der Waals surface area contributed by atoms with E-state index >= 15 is 0 Å². The molecule has 0 amide bonds. The van der Waals surface area contributed by atoms with E-state index in [1.54, 1.807) is 18.2 Å². The highest BCUT2D eigenvalue weighted by Crippen LogP contribution is 2.39. The largest absolute Gasteiger partial charge is 0.461 e. The number of alkyl halides is 4. The van der Waals surface area contributed by atoms with Crippen LogP contribution in [0.15, 0.2) is 41.3 Å². The summed E-state index contributed by atoms with van der Waals surface area (Å²) in [6.45, 7) is 2.56. The number of terminal acetylenes is 1. The van der Waals surface area contributed by atoms with E-state index in [1.807, 2.05) is 24.5 Å². The van der Waals surface area contributed by atoms with Crippen LogP contribution < -0.4 is 25.6 Å². The van der Waals surface area contributed by atoms with E-state index in [9.17, 15) is 17.6 Å². The summed E-state index contributed by atoms with van der Waals surface area (Å²) in [7, 11) is 0. The first-order chi connectivity index (χ1) is 21.8. The molecule has 0 radical (unpaired) electrons. The average Bonchev–Trinajstić information content (AvgIpc) is 3.33. The zero-order valence-electron chi connectivity index (χ0n) is 25.6. The average molecular weight is 647 g/mol. The Balaban J connectivity index is 0.000000438. The van der Waals surface area contributed by atoms with Crippen LogP contribution in [0.2, 0.25) is 0 Å². The molecule has 1 aliphatic carbocycles. The normalized spacial score (nSPS) is 19.6. The van der Waals surface area contributed by atoms with Crippen LogP contribution in [-0.4, -0.2) is 70.8 Å². The molecular formula is C34H42F4N4O2S. The van der Waals surface area contributed by atoms with E-state index in [0.717, 1.165) is 42.2 Å². The van der Waals surface area contributed by atoms with Gasteiger partial charge in [0.15, 0.2) is 0 Å². The predicted molar refractivity (Wildman–Crippen MR) is 175 cm³/mol. The number of fused-ring (bicyclic) bond motifs is 1. The van der Waals surface area contributed by atoms with Gasteiger partial charge in [0.25, 0.3) is 0 Å².